The topological polar surface area (TPSA) is 62.6 Å². The summed E-state index contributed by atoms with van der Waals surface area (Å²) in [6, 6.07) is 6.50. The number of hydrogen-bond donors (Lipinski definition) is 1. The summed E-state index contributed by atoms with van der Waals surface area (Å²) in [5.41, 5.74) is 6.07. The fourth-order valence-corrected chi connectivity index (χ4v) is 3.12. The van der Waals surface area contributed by atoms with Gasteiger partial charge in [-0.15, -0.1) is 0 Å². The fraction of sp³-hybridized carbons (Fsp3) is 0.312. The van der Waals surface area contributed by atoms with Gasteiger partial charge in [-0.2, -0.15) is 10.2 Å². The number of nitrogens with one attached hydrogen (secondary N) is 1. The molecule has 6 heteroatoms. The van der Waals surface area contributed by atoms with Gasteiger partial charge in [-0.25, -0.2) is 9.67 Å². The van der Waals surface area contributed by atoms with Gasteiger partial charge in [-0.3, -0.25) is 5.10 Å². The molecule has 1 aliphatic heterocycles. The van der Waals surface area contributed by atoms with E-state index in [4.69, 9.17) is 0 Å². The molecule has 0 unspecified atom stereocenters. The van der Waals surface area contributed by atoms with E-state index in [2.05, 4.69) is 50.3 Å². The number of aromatic amines is 1. The van der Waals surface area contributed by atoms with Gasteiger partial charge in [-0.05, 0) is 37.0 Å². The average Bonchev–Trinajstić information content (AvgIpc) is 3.19. The van der Waals surface area contributed by atoms with Crippen molar-refractivity contribution in [2.24, 2.45) is 0 Å². The van der Waals surface area contributed by atoms with E-state index in [1.54, 1.807) is 17.3 Å². The van der Waals surface area contributed by atoms with Crippen LogP contribution < -0.4 is 4.90 Å². The van der Waals surface area contributed by atoms with Gasteiger partial charge < -0.3 is 4.90 Å². The molecule has 0 aliphatic carbocycles. The van der Waals surface area contributed by atoms with E-state index in [1.807, 2.05) is 6.20 Å². The predicted molar refractivity (Wildman–Crippen MR) is 84.1 cm³/mol. The first kappa shape index (κ1) is 13.1. The van der Waals surface area contributed by atoms with Crippen LogP contribution in [0.4, 0.5) is 5.69 Å². The van der Waals surface area contributed by atoms with E-state index < -0.39 is 0 Å². The summed E-state index contributed by atoms with van der Waals surface area (Å²) in [7, 11) is 0. The fourth-order valence-electron chi connectivity index (χ4n) is 3.12. The van der Waals surface area contributed by atoms with Gasteiger partial charge in [0.2, 0.25) is 0 Å². The molecule has 1 aromatic carbocycles. The van der Waals surface area contributed by atoms with E-state index in [9.17, 15) is 0 Å². The Kier molecular flexibility index (Phi) is 3.14. The summed E-state index contributed by atoms with van der Waals surface area (Å²) in [5.74, 6) is 0. The maximum Gasteiger partial charge on any atom is 0.138 e. The molecule has 3 heterocycles. The van der Waals surface area contributed by atoms with Crippen LogP contribution in [0, 0.1) is 6.92 Å². The van der Waals surface area contributed by atoms with Crippen LogP contribution in [0.25, 0.3) is 5.69 Å². The number of aryl methyl sites for hydroxylation is 2. The van der Waals surface area contributed by atoms with Crippen LogP contribution in [0.15, 0.2) is 37.1 Å². The Labute approximate surface area is 128 Å². The minimum Gasteiger partial charge on any atom is -0.364 e. The number of H-pyrrole nitrogens is 1. The lowest BCUT2D eigenvalue weighted by molar-refractivity contribution is 0.682. The molecular formula is C16H18N6. The van der Waals surface area contributed by atoms with Crippen molar-refractivity contribution in [2.75, 3.05) is 11.4 Å². The van der Waals surface area contributed by atoms with Gasteiger partial charge in [-0.1, -0.05) is 12.1 Å². The quantitative estimate of drug-likeness (QED) is 0.805. The van der Waals surface area contributed by atoms with Crippen molar-refractivity contribution in [3.05, 3.63) is 53.9 Å². The molecule has 1 N–H and O–H groups in total. The zero-order valence-corrected chi connectivity index (χ0v) is 12.5. The molecule has 3 aromatic rings. The van der Waals surface area contributed by atoms with Crippen LogP contribution in [0.5, 0.6) is 0 Å². The number of hydrogen-bond acceptors (Lipinski definition) is 4. The zero-order valence-electron chi connectivity index (χ0n) is 12.5. The lowest BCUT2D eigenvalue weighted by atomic mass is 10.1. The van der Waals surface area contributed by atoms with Gasteiger partial charge in [0.1, 0.15) is 12.7 Å². The molecule has 0 radical (unpaired) electrons. The van der Waals surface area contributed by atoms with Crippen molar-refractivity contribution in [3.8, 4) is 5.69 Å². The molecule has 2 aromatic heterocycles. The standard InChI is InChI=1S/C16H18N6/c1-12-7-13(4-5-15(12)22-11-17-10-19-22)9-21-6-2-3-14-16(21)8-18-20-14/h4-5,7-8,10-11H,2-3,6,9H2,1H3,(H,18,20). The molecular weight excluding hydrogens is 276 g/mol. The number of aromatic nitrogens is 5. The van der Waals surface area contributed by atoms with Crippen LogP contribution in [0.2, 0.25) is 0 Å². The summed E-state index contributed by atoms with van der Waals surface area (Å²) in [5, 5.41) is 11.5. The lowest BCUT2D eigenvalue weighted by Gasteiger charge is -2.28. The molecule has 4 rings (SSSR count). The van der Waals surface area contributed by atoms with Crippen LogP contribution in [-0.4, -0.2) is 31.5 Å². The normalized spacial score (nSPS) is 14.1. The minimum absolute atomic E-state index is 0.908. The number of nitrogens with zero attached hydrogens (tertiary/aromatic N) is 5. The first-order valence-electron chi connectivity index (χ1n) is 7.53. The second kappa shape index (κ2) is 5.29. The van der Waals surface area contributed by atoms with Crippen molar-refractivity contribution in [2.45, 2.75) is 26.3 Å². The van der Waals surface area contributed by atoms with Gasteiger partial charge in [0, 0.05) is 13.1 Å². The second-order valence-electron chi connectivity index (χ2n) is 5.72. The van der Waals surface area contributed by atoms with E-state index in [-0.39, 0.29) is 0 Å². The molecule has 0 fully saturated rings. The maximum absolute atomic E-state index is 4.20. The molecule has 0 spiro atoms. The Morgan fingerprint density at radius 1 is 1.27 bits per heavy atom. The number of fused-ring (bicyclic) bond motifs is 1. The Balaban J connectivity index is 1.59. The summed E-state index contributed by atoms with van der Waals surface area (Å²) >= 11 is 0. The van der Waals surface area contributed by atoms with Gasteiger partial charge in [0.25, 0.3) is 0 Å². The van der Waals surface area contributed by atoms with Crippen molar-refractivity contribution in [1.82, 2.24) is 25.0 Å². The minimum atomic E-state index is 0.908. The first-order valence-corrected chi connectivity index (χ1v) is 7.53. The van der Waals surface area contributed by atoms with Crippen molar-refractivity contribution < 1.29 is 0 Å². The molecule has 1 aliphatic rings. The van der Waals surface area contributed by atoms with Crippen LogP contribution >= 0.6 is 0 Å². The molecule has 0 amide bonds. The molecule has 112 valence electrons. The average molecular weight is 294 g/mol. The van der Waals surface area contributed by atoms with Gasteiger partial charge in [0.05, 0.1) is 23.3 Å². The van der Waals surface area contributed by atoms with E-state index in [1.165, 1.54) is 28.9 Å². The smallest absolute Gasteiger partial charge is 0.138 e. The van der Waals surface area contributed by atoms with Crippen molar-refractivity contribution >= 4 is 5.69 Å². The van der Waals surface area contributed by atoms with E-state index in [0.717, 1.165) is 25.2 Å². The number of benzene rings is 1. The van der Waals surface area contributed by atoms with E-state index >= 15 is 0 Å². The van der Waals surface area contributed by atoms with E-state index in [0.29, 0.717) is 0 Å². The predicted octanol–water partition coefficient (Wildman–Crippen LogP) is 2.25. The van der Waals surface area contributed by atoms with Crippen LogP contribution in [-0.2, 0) is 13.0 Å². The second-order valence-corrected chi connectivity index (χ2v) is 5.72. The third-order valence-corrected chi connectivity index (χ3v) is 4.19. The zero-order chi connectivity index (χ0) is 14.9. The number of anilines is 1. The number of rotatable bonds is 3. The van der Waals surface area contributed by atoms with Crippen LogP contribution in [0.3, 0.4) is 0 Å². The van der Waals surface area contributed by atoms with Gasteiger partial charge >= 0.3 is 0 Å². The van der Waals surface area contributed by atoms with Crippen LogP contribution in [0.1, 0.15) is 23.2 Å². The van der Waals surface area contributed by atoms with Crippen molar-refractivity contribution in [3.63, 3.8) is 0 Å². The Bertz CT molecular complexity index is 774. The highest BCUT2D eigenvalue weighted by molar-refractivity contribution is 5.52. The third-order valence-electron chi connectivity index (χ3n) is 4.19. The van der Waals surface area contributed by atoms with Crippen molar-refractivity contribution in [1.29, 1.82) is 0 Å². The third kappa shape index (κ3) is 2.26. The lowest BCUT2D eigenvalue weighted by Crippen LogP contribution is -2.28. The molecule has 0 saturated carbocycles. The largest absolute Gasteiger partial charge is 0.364 e. The first-order chi connectivity index (χ1) is 10.8. The SMILES string of the molecule is Cc1cc(CN2CCCc3[nH]ncc32)ccc1-n1cncn1. The summed E-state index contributed by atoms with van der Waals surface area (Å²) in [6.45, 7) is 4.10. The Morgan fingerprint density at radius 3 is 3.05 bits per heavy atom. The Morgan fingerprint density at radius 2 is 2.23 bits per heavy atom. The summed E-state index contributed by atoms with van der Waals surface area (Å²) in [4.78, 5) is 6.40. The highest BCUT2D eigenvalue weighted by atomic mass is 15.3. The monoisotopic (exact) mass is 294 g/mol. The highest BCUT2D eigenvalue weighted by Gasteiger charge is 2.18. The summed E-state index contributed by atoms with van der Waals surface area (Å²) in [6.07, 6.45) is 7.48. The van der Waals surface area contributed by atoms with Gasteiger partial charge in [0.15, 0.2) is 0 Å². The molecule has 0 saturated heterocycles. The highest BCUT2D eigenvalue weighted by Crippen LogP contribution is 2.26. The molecule has 22 heavy (non-hydrogen) atoms. The molecule has 0 atom stereocenters. The maximum atomic E-state index is 4.20. The molecule has 6 nitrogen and oxygen atoms in total. The summed E-state index contributed by atoms with van der Waals surface area (Å²) < 4.78 is 1.80. The molecule has 0 bridgehead atoms. The Hall–Kier alpha value is -2.63.